The molecule has 2 amide bonds. The molecule has 1 atom stereocenters. The second-order valence-electron chi connectivity index (χ2n) is 6.59. The Morgan fingerprint density at radius 2 is 1.78 bits per heavy atom. The van der Waals surface area contributed by atoms with Gasteiger partial charge in [-0.15, -0.1) is 0 Å². The number of nitrogens with zero attached hydrogens (tertiary/aromatic N) is 3. The maximum Gasteiger partial charge on any atom is 0.241 e. The van der Waals surface area contributed by atoms with E-state index >= 15 is 0 Å². The molecule has 0 saturated heterocycles. The number of anilines is 1. The molecule has 2 N–H and O–H groups in total. The van der Waals surface area contributed by atoms with Gasteiger partial charge in [-0.2, -0.15) is 5.26 Å². The smallest absolute Gasteiger partial charge is 0.241 e. The van der Waals surface area contributed by atoms with Gasteiger partial charge in [0.2, 0.25) is 11.8 Å². The molecule has 0 aromatic heterocycles. The van der Waals surface area contributed by atoms with Crippen LogP contribution in [0.5, 0.6) is 0 Å². The predicted molar refractivity (Wildman–Crippen MR) is 103 cm³/mol. The van der Waals surface area contributed by atoms with Crippen molar-refractivity contribution in [2.24, 2.45) is 5.73 Å². The predicted octanol–water partition coefficient (Wildman–Crippen LogP) is 1.85. The minimum atomic E-state index is -0.516. The largest absolute Gasteiger partial charge is 0.368 e. The first-order valence-electron chi connectivity index (χ1n) is 8.92. The summed E-state index contributed by atoms with van der Waals surface area (Å²) in [4.78, 5) is 28.4. The second kappa shape index (κ2) is 8.47. The lowest BCUT2D eigenvalue weighted by Crippen LogP contribution is -2.52. The van der Waals surface area contributed by atoms with E-state index in [1.807, 2.05) is 59.5 Å². The van der Waals surface area contributed by atoms with Crippen molar-refractivity contribution in [2.45, 2.75) is 25.4 Å². The zero-order valence-electron chi connectivity index (χ0n) is 15.0. The zero-order valence-corrected chi connectivity index (χ0v) is 15.0. The lowest BCUT2D eigenvalue weighted by molar-refractivity contribution is -0.126. The van der Waals surface area contributed by atoms with E-state index in [1.54, 1.807) is 4.90 Å². The summed E-state index contributed by atoms with van der Waals surface area (Å²) in [6.07, 6.45) is 0.741. The minimum absolute atomic E-state index is 0.0717. The Balaban J connectivity index is 1.81. The van der Waals surface area contributed by atoms with Crippen LogP contribution in [0.4, 0.5) is 5.69 Å². The SMILES string of the molecule is N#CCCN(C(=O)CN1Cc2ccccc2CC1C(N)=O)c1ccccc1. The molecule has 2 aromatic rings. The quantitative estimate of drug-likeness (QED) is 0.849. The Kier molecular flexibility index (Phi) is 5.84. The molecule has 1 aliphatic heterocycles. The number of nitriles is 1. The lowest BCUT2D eigenvalue weighted by Gasteiger charge is -2.35. The van der Waals surface area contributed by atoms with Gasteiger partial charge in [-0.1, -0.05) is 42.5 Å². The summed E-state index contributed by atoms with van der Waals surface area (Å²) < 4.78 is 0. The number of rotatable bonds is 6. The zero-order chi connectivity index (χ0) is 19.2. The molecule has 0 saturated carbocycles. The molecule has 0 aliphatic carbocycles. The van der Waals surface area contributed by atoms with Gasteiger partial charge in [-0.3, -0.25) is 14.5 Å². The topological polar surface area (TPSA) is 90.4 Å². The van der Waals surface area contributed by atoms with E-state index in [2.05, 4.69) is 6.07 Å². The number of nitrogens with two attached hydrogens (primary N) is 1. The first kappa shape index (κ1) is 18.6. The Morgan fingerprint density at radius 1 is 1.11 bits per heavy atom. The third kappa shape index (κ3) is 4.33. The van der Waals surface area contributed by atoms with E-state index in [1.165, 1.54) is 0 Å². The van der Waals surface area contributed by atoms with Crippen LogP contribution in [-0.4, -0.2) is 35.8 Å². The number of fused-ring (bicyclic) bond motifs is 1. The maximum absolute atomic E-state index is 13.0. The monoisotopic (exact) mass is 362 g/mol. The van der Waals surface area contributed by atoms with Gasteiger partial charge >= 0.3 is 0 Å². The van der Waals surface area contributed by atoms with Crippen LogP contribution in [0.3, 0.4) is 0 Å². The van der Waals surface area contributed by atoms with Gasteiger partial charge in [0.15, 0.2) is 0 Å². The van der Waals surface area contributed by atoms with Gasteiger partial charge in [-0.05, 0) is 29.7 Å². The number of para-hydroxylation sites is 1. The van der Waals surface area contributed by atoms with Crippen molar-refractivity contribution in [3.8, 4) is 6.07 Å². The van der Waals surface area contributed by atoms with Crippen LogP contribution in [0.2, 0.25) is 0 Å². The molecule has 27 heavy (non-hydrogen) atoms. The third-order valence-corrected chi connectivity index (χ3v) is 4.83. The molecule has 0 bridgehead atoms. The number of hydrogen-bond donors (Lipinski definition) is 1. The van der Waals surface area contributed by atoms with Crippen molar-refractivity contribution in [2.75, 3.05) is 18.0 Å². The van der Waals surface area contributed by atoms with E-state index in [0.717, 1.165) is 16.8 Å². The summed E-state index contributed by atoms with van der Waals surface area (Å²) in [6.45, 7) is 0.879. The number of amides is 2. The van der Waals surface area contributed by atoms with E-state index < -0.39 is 11.9 Å². The highest BCUT2D eigenvalue weighted by Crippen LogP contribution is 2.24. The summed E-state index contributed by atoms with van der Waals surface area (Å²) in [7, 11) is 0. The average Bonchev–Trinajstić information content (AvgIpc) is 2.68. The van der Waals surface area contributed by atoms with Crippen LogP contribution in [0.25, 0.3) is 0 Å². The van der Waals surface area contributed by atoms with E-state index in [4.69, 9.17) is 11.0 Å². The summed E-state index contributed by atoms with van der Waals surface area (Å²) >= 11 is 0. The molecule has 3 rings (SSSR count). The Bertz CT molecular complexity index is 860. The molecule has 2 aromatic carbocycles. The van der Waals surface area contributed by atoms with Gasteiger partial charge in [0, 0.05) is 18.8 Å². The fraction of sp³-hybridized carbons (Fsp3) is 0.286. The van der Waals surface area contributed by atoms with E-state index in [9.17, 15) is 9.59 Å². The van der Waals surface area contributed by atoms with Gasteiger partial charge in [0.05, 0.1) is 25.1 Å². The Morgan fingerprint density at radius 3 is 2.44 bits per heavy atom. The van der Waals surface area contributed by atoms with Crippen LogP contribution in [0.1, 0.15) is 17.5 Å². The van der Waals surface area contributed by atoms with Gasteiger partial charge in [0.1, 0.15) is 0 Å². The first-order valence-corrected chi connectivity index (χ1v) is 8.92. The van der Waals surface area contributed by atoms with Crippen LogP contribution in [0, 0.1) is 11.3 Å². The van der Waals surface area contributed by atoms with Gasteiger partial charge in [0.25, 0.3) is 0 Å². The number of benzene rings is 2. The molecule has 1 aliphatic rings. The second-order valence-corrected chi connectivity index (χ2v) is 6.59. The third-order valence-electron chi connectivity index (χ3n) is 4.83. The molecule has 6 heteroatoms. The molecule has 0 radical (unpaired) electrons. The maximum atomic E-state index is 13.0. The van der Waals surface area contributed by atoms with Crippen LogP contribution < -0.4 is 10.6 Å². The molecule has 138 valence electrons. The number of carbonyl (C=O) groups is 2. The highest BCUT2D eigenvalue weighted by atomic mass is 16.2. The van der Waals surface area contributed by atoms with E-state index in [-0.39, 0.29) is 18.9 Å². The standard InChI is InChI=1S/C21H22N4O2/c22-11-6-12-25(18-9-2-1-3-10-18)20(26)15-24-14-17-8-5-4-7-16(17)13-19(24)21(23)27/h1-5,7-10,19H,6,12-15H2,(H2,23,27). The van der Waals surface area contributed by atoms with Crippen molar-refractivity contribution >= 4 is 17.5 Å². The molecular formula is C21H22N4O2. The number of hydrogen-bond acceptors (Lipinski definition) is 4. The van der Waals surface area contributed by atoms with Crippen LogP contribution in [0.15, 0.2) is 54.6 Å². The molecule has 0 fully saturated rings. The highest BCUT2D eigenvalue weighted by Gasteiger charge is 2.32. The molecule has 0 spiro atoms. The summed E-state index contributed by atoms with van der Waals surface area (Å²) in [5, 5.41) is 8.93. The number of carbonyl (C=O) groups excluding carboxylic acids is 2. The van der Waals surface area contributed by atoms with Crippen molar-refractivity contribution in [3.05, 3.63) is 65.7 Å². The normalized spacial score (nSPS) is 16.2. The van der Waals surface area contributed by atoms with Crippen molar-refractivity contribution in [1.82, 2.24) is 4.90 Å². The molecular weight excluding hydrogens is 340 g/mol. The van der Waals surface area contributed by atoms with Crippen molar-refractivity contribution in [3.63, 3.8) is 0 Å². The van der Waals surface area contributed by atoms with Crippen molar-refractivity contribution < 1.29 is 9.59 Å². The van der Waals surface area contributed by atoms with Crippen LogP contribution >= 0.6 is 0 Å². The van der Waals surface area contributed by atoms with Gasteiger partial charge in [-0.25, -0.2) is 0 Å². The molecule has 1 unspecified atom stereocenters. The van der Waals surface area contributed by atoms with Crippen LogP contribution in [-0.2, 0) is 22.6 Å². The van der Waals surface area contributed by atoms with Crippen molar-refractivity contribution in [1.29, 1.82) is 5.26 Å². The average molecular weight is 362 g/mol. The minimum Gasteiger partial charge on any atom is -0.368 e. The molecule has 1 heterocycles. The van der Waals surface area contributed by atoms with Gasteiger partial charge < -0.3 is 10.6 Å². The number of primary amides is 1. The highest BCUT2D eigenvalue weighted by molar-refractivity contribution is 5.95. The molecule has 6 nitrogen and oxygen atoms in total. The fourth-order valence-corrected chi connectivity index (χ4v) is 3.45. The summed E-state index contributed by atoms with van der Waals surface area (Å²) in [5.41, 5.74) is 8.55. The lowest BCUT2D eigenvalue weighted by atomic mass is 9.93. The first-order chi connectivity index (χ1) is 13.1. The summed E-state index contributed by atoms with van der Waals surface area (Å²) in [5.74, 6) is -0.581. The Hall–Kier alpha value is -3.17. The summed E-state index contributed by atoms with van der Waals surface area (Å²) in [6, 6.07) is 18.7. The Labute approximate surface area is 158 Å². The van der Waals surface area contributed by atoms with E-state index in [0.29, 0.717) is 19.5 Å². The fourth-order valence-electron chi connectivity index (χ4n) is 3.45.